The minimum Gasteiger partial charge on any atom is -0.496 e. The second-order valence-electron chi connectivity index (χ2n) is 5.95. The maximum Gasteiger partial charge on any atom is 0.291 e. The molecule has 0 atom stereocenters. The van der Waals surface area contributed by atoms with Gasteiger partial charge in [0.1, 0.15) is 5.75 Å². The Labute approximate surface area is 165 Å². The lowest BCUT2D eigenvalue weighted by atomic mass is 10.2. The van der Waals surface area contributed by atoms with E-state index in [2.05, 4.69) is 10.1 Å². The van der Waals surface area contributed by atoms with E-state index >= 15 is 0 Å². The number of allylic oxidation sites excluding steroid dienone is 1. The van der Waals surface area contributed by atoms with Gasteiger partial charge in [0.25, 0.3) is 5.56 Å². The molecule has 0 aliphatic rings. The molecule has 0 bridgehead atoms. The molecule has 2 aromatic heterocycles. The van der Waals surface area contributed by atoms with Crippen LogP contribution in [0.4, 0.5) is 0 Å². The molecule has 0 fully saturated rings. The molecule has 2 aromatic carbocycles. The summed E-state index contributed by atoms with van der Waals surface area (Å²) in [6, 6.07) is 17.6. The van der Waals surface area contributed by atoms with Crippen LogP contribution in [-0.2, 0) is 0 Å². The molecule has 138 valence electrons. The molecule has 0 spiro atoms. The summed E-state index contributed by atoms with van der Waals surface area (Å²) in [5.74, 6) is 1.30. The topological polar surface area (TPSA) is 56.5 Å². The fraction of sp³-hybridized carbons (Fsp3) is 0.0455. The van der Waals surface area contributed by atoms with Crippen LogP contribution in [0.3, 0.4) is 0 Å². The molecular weight excluding hydrogens is 370 g/mol. The van der Waals surface area contributed by atoms with E-state index in [4.69, 9.17) is 4.74 Å². The molecule has 0 amide bonds. The Morgan fingerprint density at radius 3 is 2.57 bits per heavy atom. The third-order valence-electron chi connectivity index (χ3n) is 4.08. The lowest BCUT2D eigenvalue weighted by Gasteiger charge is -2.02. The van der Waals surface area contributed by atoms with Gasteiger partial charge in [-0.2, -0.15) is 9.50 Å². The number of fused-ring (bicyclic) bond motifs is 1. The van der Waals surface area contributed by atoms with E-state index in [-0.39, 0.29) is 5.56 Å². The summed E-state index contributed by atoms with van der Waals surface area (Å²) >= 11 is 1.32. The molecule has 2 heterocycles. The number of nitrogens with zero attached hydrogens (tertiary/aromatic N) is 3. The Bertz CT molecular complexity index is 1270. The summed E-state index contributed by atoms with van der Waals surface area (Å²) < 4.78 is 7.25. The van der Waals surface area contributed by atoms with E-state index in [9.17, 15) is 4.79 Å². The smallest absolute Gasteiger partial charge is 0.291 e. The van der Waals surface area contributed by atoms with Gasteiger partial charge in [0.05, 0.1) is 11.6 Å². The molecule has 0 unspecified atom stereocenters. The fourth-order valence-corrected chi connectivity index (χ4v) is 3.58. The highest BCUT2D eigenvalue weighted by Crippen LogP contribution is 2.18. The number of rotatable bonds is 5. The molecule has 0 aliphatic heterocycles. The van der Waals surface area contributed by atoms with Crippen molar-refractivity contribution >= 4 is 40.6 Å². The van der Waals surface area contributed by atoms with Crippen LogP contribution >= 0.6 is 11.3 Å². The van der Waals surface area contributed by atoms with Crippen LogP contribution in [-0.4, -0.2) is 21.7 Å². The first-order chi connectivity index (χ1) is 13.7. The first-order valence-electron chi connectivity index (χ1n) is 8.69. The van der Waals surface area contributed by atoms with Crippen LogP contribution in [0.5, 0.6) is 5.75 Å². The Morgan fingerprint density at radius 2 is 1.79 bits per heavy atom. The van der Waals surface area contributed by atoms with Crippen molar-refractivity contribution < 1.29 is 4.74 Å². The molecule has 0 saturated heterocycles. The maximum absolute atomic E-state index is 12.5. The molecule has 0 N–H and O–H groups in total. The fourth-order valence-electron chi connectivity index (χ4n) is 2.71. The van der Waals surface area contributed by atoms with Crippen LogP contribution in [0.25, 0.3) is 29.3 Å². The first-order valence-corrected chi connectivity index (χ1v) is 9.50. The first kappa shape index (κ1) is 17.9. The Morgan fingerprint density at radius 1 is 1.00 bits per heavy atom. The molecule has 4 aromatic rings. The van der Waals surface area contributed by atoms with Crippen molar-refractivity contribution in [1.29, 1.82) is 0 Å². The lowest BCUT2D eigenvalue weighted by Crippen LogP contribution is -2.23. The number of para-hydroxylation sites is 1. The van der Waals surface area contributed by atoms with Crippen LogP contribution in [0.1, 0.15) is 17.0 Å². The molecule has 0 aliphatic carbocycles. The largest absolute Gasteiger partial charge is 0.496 e. The lowest BCUT2D eigenvalue weighted by molar-refractivity contribution is 0.414. The van der Waals surface area contributed by atoms with E-state index in [1.165, 1.54) is 15.9 Å². The maximum atomic E-state index is 12.5. The van der Waals surface area contributed by atoms with Gasteiger partial charge in [-0.25, -0.2) is 0 Å². The summed E-state index contributed by atoms with van der Waals surface area (Å²) in [5, 5.41) is 4.29. The molecule has 6 heteroatoms. The molecule has 0 radical (unpaired) electrons. The van der Waals surface area contributed by atoms with Gasteiger partial charge in [0.15, 0.2) is 5.82 Å². The highest BCUT2D eigenvalue weighted by Gasteiger charge is 2.08. The monoisotopic (exact) mass is 387 g/mol. The zero-order valence-electron chi connectivity index (χ0n) is 15.1. The third-order valence-corrected chi connectivity index (χ3v) is 5.06. The number of hydrogen-bond acceptors (Lipinski definition) is 5. The predicted molar refractivity (Wildman–Crippen MR) is 114 cm³/mol. The predicted octanol–water partition coefficient (Wildman–Crippen LogP) is 3.54. The molecular formula is C22H17N3O2S. The van der Waals surface area contributed by atoms with Gasteiger partial charge in [0, 0.05) is 5.56 Å². The zero-order valence-corrected chi connectivity index (χ0v) is 16.0. The SMILES string of the molecule is COc1ccccc1C=CC=c1sc2nc(C=Cc3ccccc3)nn2c1=O. The number of methoxy groups -OCH3 is 1. The van der Waals surface area contributed by atoms with Gasteiger partial charge in [-0.3, -0.25) is 4.79 Å². The van der Waals surface area contributed by atoms with Gasteiger partial charge >= 0.3 is 0 Å². The van der Waals surface area contributed by atoms with Crippen molar-refractivity contribution in [3.05, 3.63) is 92.5 Å². The average Bonchev–Trinajstić information content (AvgIpc) is 3.26. The third kappa shape index (κ3) is 3.77. The van der Waals surface area contributed by atoms with Crippen molar-refractivity contribution in [2.45, 2.75) is 0 Å². The highest BCUT2D eigenvalue weighted by molar-refractivity contribution is 7.15. The van der Waals surface area contributed by atoms with Crippen LogP contribution in [0, 0.1) is 0 Å². The molecule has 5 nitrogen and oxygen atoms in total. The second-order valence-corrected chi connectivity index (χ2v) is 6.96. The van der Waals surface area contributed by atoms with Crippen LogP contribution in [0.2, 0.25) is 0 Å². The molecule has 28 heavy (non-hydrogen) atoms. The zero-order chi connectivity index (χ0) is 19.3. The van der Waals surface area contributed by atoms with Gasteiger partial charge in [-0.15, -0.1) is 5.10 Å². The van der Waals surface area contributed by atoms with E-state index in [1.54, 1.807) is 19.3 Å². The molecule has 4 rings (SSSR count). The minimum absolute atomic E-state index is 0.170. The molecule has 0 saturated carbocycles. The second kappa shape index (κ2) is 8.02. The van der Waals surface area contributed by atoms with Crippen molar-refractivity contribution in [1.82, 2.24) is 14.6 Å². The Balaban J connectivity index is 1.59. The number of hydrogen-bond donors (Lipinski definition) is 0. The van der Waals surface area contributed by atoms with E-state index in [0.29, 0.717) is 15.3 Å². The summed E-state index contributed by atoms with van der Waals surface area (Å²) in [6.45, 7) is 0. The van der Waals surface area contributed by atoms with Crippen molar-refractivity contribution in [2.24, 2.45) is 0 Å². The number of aromatic nitrogens is 3. The van der Waals surface area contributed by atoms with E-state index < -0.39 is 0 Å². The number of thiazole rings is 1. The van der Waals surface area contributed by atoms with Gasteiger partial charge in [0.2, 0.25) is 4.96 Å². The van der Waals surface area contributed by atoms with E-state index in [1.807, 2.05) is 72.8 Å². The number of ether oxygens (including phenoxy) is 1. The number of benzene rings is 2. The average molecular weight is 387 g/mol. The van der Waals surface area contributed by atoms with Gasteiger partial charge in [-0.05, 0) is 23.8 Å². The van der Waals surface area contributed by atoms with E-state index in [0.717, 1.165) is 16.9 Å². The summed E-state index contributed by atoms with van der Waals surface area (Å²) in [5.41, 5.74) is 1.83. The Kier molecular flexibility index (Phi) is 5.12. The van der Waals surface area contributed by atoms with Crippen molar-refractivity contribution in [2.75, 3.05) is 7.11 Å². The summed E-state index contributed by atoms with van der Waals surface area (Å²) in [4.78, 5) is 17.5. The van der Waals surface area contributed by atoms with Crippen molar-refractivity contribution in [3.63, 3.8) is 0 Å². The van der Waals surface area contributed by atoms with Crippen molar-refractivity contribution in [3.8, 4) is 5.75 Å². The van der Waals surface area contributed by atoms with Crippen LogP contribution < -0.4 is 14.8 Å². The normalized spacial score (nSPS) is 12.5. The van der Waals surface area contributed by atoms with Gasteiger partial charge in [-0.1, -0.05) is 78.1 Å². The van der Waals surface area contributed by atoms with Gasteiger partial charge < -0.3 is 4.74 Å². The Hall–Kier alpha value is -3.51. The quantitative estimate of drug-likeness (QED) is 0.526. The standard InChI is InChI=1S/C22H17N3O2S/c1-27-18-12-6-5-10-17(18)11-7-13-19-21(26)25-22(28-19)23-20(24-25)15-14-16-8-3-2-4-9-16/h2-15H,1H3. The summed E-state index contributed by atoms with van der Waals surface area (Å²) in [7, 11) is 1.63. The highest BCUT2D eigenvalue weighted by atomic mass is 32.1. The van der Waals surface area contributed by atoms with Crippen LogP contribution in [0.15, 0.2) is 65.5 Å². The minimum atomic E-state index is -0.170. The summed E-state index contributed by atoms with van der Waals surface area (Å²) in [6.07, 6.45) is 9.24.